The van der Waals surface area contributed by atoms with Crippen molar-refractivity contribution in [3.8, 4) is 0 Å². The van der Waals surface area contributed by atoms with E-state index >= 15 is 0 Å². The number of rotatable bonds is 1. The summed E-state index contributed by atoms with van der Waals surface area (Å²) in [5.41, 5.74) is 2.45. The van der Waals surface area contributed by atoms with Gasteiger partial charge in [-0.3, -0.25) is 4.90 Å². The fourth-order valence-electron chi connectivity index (χ4n) is 2.00. The Morgan fingerprint density at radius 3 is 2.93 bits per heavy atom. The third kappa shape index (κ3) is 1.69. The van der Waals surface area contributed by atoms with Crippen LogP contribution in [-0.2, 0) is 11.3 Å². The van der Waals surface area contributed by atoms with Crippen molar-refractivity contribution in [1.82, 2.24) is 4.90 Å². The molecule has 0 fully saturated rings. The number of carbonyl (C=O) groups excluding carboxylic acids is 1. The van der Waals surface area contributed by atoms with E-state index in [0.717, 1.165) is 0 Å². The fraction of sp³-hybridized carbons (Fsp3) is 0.417. The minimum absolute atomic E-state index is 0.125. The average Bonchev–Trinajstić information content (AvgIpc) is 2.57. The first kappa shape index (κ1) is 10.0. The normalized spacial score (nSPS) is 18.8. The summed E-state index contributed by atoms with van der Waals surface area (Å²) in [5, 5.41) is 0. The Morgan fingerprint density at radius 1 is 1.53 bits per heavy atom. The number of benzene rings is 1. The van der Waals surface area contributed by atoms with Crippen LogP contribution in [0.4, 0.5) is 4.79 Å². The Morgan fingerprint density at radius 2 is 2.27 bits per heavy atom. The standard InChI is InChI=1S/C12H15NO2/c1-3-15-12(14)13-8-10-6-4-5-7-11(10)9(13)2/h4-7,9H,3,8H2,1-2H3. The van der Waals surface area contributed by atoms with Gasteiger partial charge in [-0.2, -0.15) is 0 Å². The molecule has 0 bridgehead atoms. The second-order valence-corrected chi connectivity index (χ2v) is 3.70. The molecule has 3 heteroatoms. The molecule has 3 nitrogen and oxygen atoms in total. The zero-order valence-electron chi connectivity index (χ0n) is 9.06. The molecule has 0 aromatic heterocycles. The maximum atomic E-state index is 11.6. The number of hydrogen-bond acceptors (Lipinski definition) is 2. The lowest BCUT2D eigenvalue weighted by molar-refractivity contribution is 0.0962. The Bertz CT molecular complexity index is 376. The van der Waals surface area contributed by atoms with Gasteiger partial charge in [0, 0.05) is 6.54 Å². The molecule has 1 unspecified atom stereocenters. The highest BCUT2D eigenvalue weighted by atomic mass is 16.6. The van der Waals surface area contributed by atoms with Crippen molar-refractivity contribution >= 4 is 6.09 Å². The largest absolute Gasteiger partial charge is 0.450 e. The molecular formula is C12H15NO2. The number of amides is 1. The van der Waals surface area contributed by atoms with Gasteiger partial charge in [-0.25, -0.2) is 4.79 Å². The van der Waals surface area contributed by atoms with Gasteiger partial charge in [0.05, 0.1) is 12.6 Å². The number of nitrogens with zero attached hydrogens (tertiary/aromatic N) is 1. The number of ether oxygens (including phenoxy) is 1. The molecule has 15 heavy (non-hydrogen) atoms. The van der Waals surface area contributed by atoms with E-state index in [1.165, 1.54) is 11.1 Å². The lowest BCUT2D eigenvalue weighted by Crippen LogP contribution is -2.28. The van der Waals surface area contributed by atoms with Crippen LogP contribution in [0.1, 0.15) is 31.0 Å². The summed E-state index contributed by atoms with van der Waals surface area (Å²) in [4.78, 5) is 13.4. The van der Waals surface area contributed by atoms with Crippen LogP contribution >= 0.6 is 0 Å². The summed E-state index contributed by atoms with van der Waals surface area (Å²) < 4.78 is 5.01. The van der Waals surface area contributed by atoms with Crippen molar-refractivity contribution in [2.45, 2.75) is 26.4 Å². The van der Waals surface area contributed by atoms with Crippen LogP contribution in [0.3, 0.4) is 0 Å². The van der Waals surface area contributed by atoms with E-state index in [1.54, 1.807) is 4.90 Å². The molecule has 80 valence electrons. The lowest BCUT2D eigenvalue weighted by Gasteiger charge is -2.20. The molecule has 0 saturated heterocycles. The SMILES string of the molecule is CCOC(=O)N1Cc2ccccc2C1C. The van der Waals surface area contributed by atoms with Crippen LogP contribution in [0, 0.1) is 0 Å². The van der Waals surface area contributed by atoms with E-state index in [-0.39, 0.29) is 12.1 Å². The zero-order valence-corrected chi connectivity index (χ0v) is 9.06. The van der Waals surface area contributed by atoms with E-state index in [0.29, 0.717) is 13.2 Å². The van der Waals surface area contributed by atoms with Gasteiger partial charge in [0.15, 0.2) is 0 Å². The molecular weight excluding hydrogens is 190 g/mol. The summed E-state index contributed by atoms with van der Waals surface area (Å²) in [7, 11) is 0. The first-order valence-corrected chi connectivity index (χ1v) is 5.25. The van der Waals surface area contributed by atoms with Crippen LogP contribution in [0.5, 0.6) is 0 Å². The average molecular weight is 205 g/mol. The third-order valence-corrected chi connectivity index (χ3v) is 2.82. The Kier molecular flexibility index (Phi) is 2.62. The Balaban J connectivity index is 2.19. The second kappa shape index (κ2) is 3.93. The zero-order chi connectivity index (χ0) is 10.8. The molecule has 1 aliphatic heterocycles. The fourth-order valence-corrected chi connectivity index (χ4v) is 2.00. The van der Waals surface area contributed by atoms with Crippen molar-refractivity contribution in [3.63, 3.8) is 0 Å². The van der Waals surface area contributed by atoms with Crippen molar-refractivity contribution in [3.05, 3.63) is 35.4 Å². The number of fused-ring (bicyclic) bond motifs is 1. The van der Waals surface area contributed by atoms with E-state index < -0.39 is 0 Å². The first-order chi connectivity index (χ1) is 7.24. The minimum atomic E-state index is -0.221. The highest BCUT2D eigenvalue weighted by Crippen LogP contribution is 2.33. The molecule has 0 saturated carbocycles. The monoisotopic (exact) mass is 205 g/mol. The van der Waals surface area contributed by atoms with E-state index in [9.17, 15) is 4.79 Å². The van der Waals surface area contributed by atoms with Gasteiger partial charge in [0.2, 0.25) is 0 Å². The summed E-state index contributed by atoms with van der Waals surface area (Å²) in [5.74, 6) is 0. The molecule has 1 aliphatic rings. The molecule has 1 atom stereocenters. The molecule has 0 N–H and O–H groups in total. The van der Waals surface area contributed by atoms with Gasteiger partial charge in [0.1, 0.15) is 0 Å². The van der Waals surface area contributed by atoms with Gasteiger partial charge in [-0.1, -0.05) is 24.3 Å². The molecule has 0 spiro atoms. The summed E-state index contributed by atoms with van der Waals surface area (Å²) >= 11 is 0. The quantitative estimate of drug-likeness (QED) is 0.705. The predicted molar refractivity (Wildman–Crippen MR) is 57.4 cm³/mol. The minimum Gasteiger partial charge on any atom is -0.450 e. The number of hydrogen-bond donors (Lipinski definition) is 0. The van der Waals surface area contributed by atoms with Gasteiger partial charge in [-0.15, -0.1) is 0 Å². The van der Waals surface area contributed by atoms with Gasteiger partial charge >= 0.3 is 6.09 Å². The molecule has 1 aromatic rings. The van der Waals surface area contributed by atoms with E-state index in [1.807, 2.05) is 26.0 Å². The van der Waals surface area contributed by atoms with Crippen molar-refractivity contribution in [1.29, 1.82) is 0 Å². The number of carbonyl (C=O) groups is 1. The first-order valence-electron chi connectivity index (χ1n) is 5.25. The van der Waals surface area contributed by atoms with Gasteiger partial charge < -0.3 is 4.74 Å². The maximum absolute atomic E-state index is 11.6. The van der Waals surface area contributed by atoms with Crippen LogP contribution < -0.4 is 0 Å². The lowest BCUT2D eigenvalue weighted by atomic mass is 10.1. The summed E-state index contributed by atoms with van der Waals surface area (Å²) in [6.07, 6.45) is -0.221. The van der Waals surface area contributed by atoms with Crippen LogP contribution in [-0.4, -0.2) is 17.6 Å². The second-order valence-electron chi connectivity index (χ2n) is 3.70. The molecule has 0 aliphatic carbocycles. The van der Waals surface area contributed by atoms with Crippen LogP contribution in [0.15, 0.2) is 24.3 Å². The van der Waals surface area contributed by atoms with Crippen molar-refractivity contribution in [2.24, 2.45) is 0 Å². The maximum Gasteiger partial charge on any atom is 0.410 e. The molecule has 0 radical (unpaired) electrons. The molecule has 2 rings (SSSR count). The summed E-state index contributed by atoms with van der Waals surface area (Å²) in [6, 6.07) is 8.26. The van der Waals surface area contributed by atoms with E-state index in [2.05, 4.69) is 12.1 Å². The topological polar surface area (TPSA) is 29.5 Å². The van der Waals surface area contributed by atoms with Crippen molar-refractivity contribution in [2.75, 3.05) is 6.61 Å². The smallest absolute Gasteiger partial charge is 0.410 e. The highest BCUT2D eigenvalue weighted by Gasteiger charge is 2.30. The molecule has 1 heterocycles. The van der Waals surface area contributed by atoms with Crippen LogP contribution in [0.25, 0.3) is 0 Å². The van der Waals surface area contributed by atoms with Gasteiger partial charge in [0.25, 0.3) is 0 Å². The predicted octanol–water partition coefficient (Wildman–Crippen LogP) is 2.72. The van der Waals surface area contributed by atoms with Crippen molar-refractivity contribution < 1.29 is 9.53 Å². The highest BCUT2D eigenvalue weighted by molar-refractivity contribution is 5.69. The summed E-state index contributed by atoms with van der Waals surface area (Å²) in [6.45, 7) is 4.95. The molecule has 1 amide bonds. The Labute approximate surface area is 89.7 Å². The van der Waals surface area contributed by atoms with Crippen LogP contribution in [0.2, 0.25) is 0 Å². The van der Waals surface area contributed by atoms with E-state index in [4.69, 9.17) is 4.74 Å². The Hall–Kier alpha value is -1.51. The van der Waals surface area contributed by atoms with Gasteiger partial charge in [-0.05, 0) is 25.0 Å². The third-order valence-electron chi connectivity index (χ3n) is 2.82. The molecule has 1 aromatic carbocycles.